The normalized spacial score (nSPS) is 14.2. The second kappa shape index (κ2) is 7.51. The number of carbonyl (C=O) groups is 1. The van der Waals surface area contributed by atoms with E-state index in [2.05, 4.69) is 15.2 Å². The van der Waals surface area contributed by atoms with Crippen LogP contribution in [0.2, 0.25) is 0 Å². The van der Waals surface area contributed by atoms with Crippen LogP contribution in [0.25, 0.3) is 5.69 Å². The van der Waals surface area contributed by atoms with E-state index in [4.69, 9.17) is 9.26 Å². The number of ether oxygens (including phenoxy) is 1. The third kappa shape index (κ3) is 3.31. The van der Waals surface area contributed by atoms with Crippen molar-refractivity contribution in [3.05, 3.63) is 48.4 Å². The Bertz CT molecular complexity index is 952. The van der Waals surface area contributed by atoms with Crippen LogP contribution in [0.1, 0.15) is 10.5 Å². The van der Waals surface area contributed by atoms with Crippen molar-refractivity contribution < 1.29 is 23.8 Å². The summed E-state index contributed by atoms with van der Waals surface area (Å²) in [4.78, 5) is 25.0. The first-order valence-electron chi connectivity index (χ1n) is 8.72. The van der Waals surface area contributed by atoms with Gasteiger partial charge in [-0.05, 0) is 22.9 Å². The van der Waals surface area contributed by atoms with Gasteiger partial charge in [-0.3, -0.25) is 4.79 Å². The molecule has 0 unspecified atom stereocenters. The zero-order valence-electron chi connectivity index (χ0n) is 15.2. The van der Waals surface area contributed by atoms with Crippen molar-refractivity contribution in [2.24, 2.45) is 0 Å². The standard InChI is InChI=1S/C18H18N6O4/c1-27-14-5-3-13(4-6-14)24-15(17(26)28-21-24)16(25)22-9-11-23(12-10-22)18-19-7-2-8-20-18/h2-8H,9-12H2,1H3. The zero-order chi connectivity index (χ0) is 19.5. The van der Waals surface area contributed by atoms with Crippen molar-refractivity contribution >= 4 is 11.9 Å². The molecule has 0 atom stereocenters. The molecule has 3 heterocycles. The molecule has 4 rings (SSSR count). The number of hydrogen-bond donors (Lipinski definition) is 0. The molecule has 10 nitrogen and oxygen atoms in total. The summed E-state index contributed by atoms with van der Waals surface area (Å²) in [6.45, 7) is 2.00. The Kier molecular flexibility index (Phi) is 4.75. The number of piperazine rings is 1. The number of benzene rings is 1. The summed E-state index contributed by atoms with van der Waals surface area (Å²) < 4.78 is 11.1. The van der Waals surface area contributed by atoms with E-state index in [-0.39, 0.29) is 5.69 Å². The fraction of sp³-hybridized carbons (Fsp3) is 0.278. The van der Waals surface area contributed by atoms with Gasteiger partial charge in [-0.2, -0.15) is 0 Å². The van der Waals surface area contributed by atoms with Gasteiger partial charge < -0.3 is 24.2 Å². The van der Waals surface area contributed by atoms with Crippen LogP contribution in [0.3, 0.4) is 0 Å². The van der Waals surface area contributed by atoms with Gasteiger partial charge in [-0.25, -0.2) is 9.97 Å². The minimum Gasteiger partial charge on any atom is -0.538 e. The number of amides is 1. The molecule has 1 fully saturated rings. The fourth-order valence-corrected chi connectivity index (χ4v) is 3.04. The number of aromatic nitrogens is 4. The van der Waals surface area contributed by atoms with E-state index < -0.39 is 11.9 Å². The molecule has 0 radical (unpaired) electrons. The van der Waals surface area contributed by atoms with Crippen molar-refractivity contribution in [1.82, 2.24) is 20.1 Å². The van der Waals surface area contributed by atoms with Crippen molar-refractivity contribution in [3.8, 4) is 17.4 Å². The molecule has 3 aromatic rings. The number of rotatable bonds is 4. The first kappa shape index (κ1) is 17.7. The molecule has 0 spiro atoms. The van der Waals surface area contributed by atoms with Crippen LogP contribution in [-0.4, -0.2) is 59.3 Å². The topological polar surface area (TPSA) is 112 Å². The molecule has 0 bridgehead atoms. The van der Waals surface area contributed by atoms with Gasteiger partial charge in [0.05, 0.1) is 12.4 Å². The Hall–Kier alpha value is -3.69. The molecular formula is C18H18N6O4. The first-order chi connectivity index (χ1) is 13.7. The second-order valence-corrected chi connectivity index (χ2v) is 6.15. The molecule has 2 aromatic heterocycles. The monoisotopic (exact) mass is 382 g/mol. The van der Waals surface area contributed by atoms with Crippen LogP contribution in [-0.2, 0) is 0 Å². The van der Waals surface area contributed by atoms with Crippen LogP contribution in [0.4, 0.5) is 5.95 Å². The summed E-state index contributed by atoms with van der Waals surface area (Å²) in [6.07, 6.45) is 3.36. The number of hydrogen-bond acceptors (Lipinski definition) is 8. The highest BCUT2D eigenvalue weighted by molar-refractivity contribution is 5.92. The Morgan fingerprint density at radius 2 is 1.82 bits per heavy atom. The largest absolute Gasteiger partial charge is 0.538 e. The maximum atomic E-state index is 13.0. The predicted octanol–water partition coefficient (Wildman–Crippen LogP) is -0.214. The molecule has 1 aliphatic heterocycles. The van der Waals surface area contributed by atoms with E-state index >= 15 is 0 Å². The molecule has 28 heavy (non-hydrogen) atoms. The SMILES string of the molecule is COc1ccc(-[n+]2noc([O-])c2C(=O)N2CCN(c3ncccn3)CC2)cc1. The lowest BCUT2D eigenvalue weighted by molar-refractivity contribution is -0.672. The quantitative estimate of drug-likeness (QED) is 0.570. The van der Waals surface area contributed by atoms with E-state index in [1.165, 1.54) is 4.68 Å². The van der Waals surface area contributed by atoms with E-state index in [1.807, 2.05) is 4.90 Å². The minimum atomic E-state index is -0.769. The average molecular weight is 382 g/mol. The fourth-order valence-electron chi connectivity index (χ4n) is 3.04. The van der Waals surface area contributed by atoms with E-state index in [1.54, 1.807) is 54.7 Å². The van der Waals surface area contributed by atoms with E-state index in [9.17, 15) is 9.90 Å². The lowest BCUT2D eigenvalue weighted by Crippen LogP contribution is -2.52. The summed E-state index contributed by atoms with van der Waals surface area (Å²) in [6, 6.07) is 8.58. The summed E-state index contributed by atoms with van der Waals surface area (Å²) in [5.41, 5.74) is 0.404. The lowest BCUT2D eigenvalue weighted by atomic mass is 10.2. The minimum absolute atomic E-state index is 0.130. The molecule has 0 aliphatic carbocycles. The van der Waals surface area contributed by atoms with Crippen LogP contribution in [0.5, 0.6) is 11.7 Å². The molecule has 0 saturated carbocycles. The Morgan fingerprint density at radius 3 is 2.46 bits per heavy atom. The molecule has 1 aromatic carbocycles. The lowest BCUT2D eigenvalue weighted by Gasteiger charge is -2.33. The van der Waals surface area contributed by atoms with Crippen molar-refractivity contribution in [2.45, 2.75) is 0 Å². The number of anilines is 1. The van der Waals surface area contributed by atoms with Gasteiger partial charge in [-0.15, -0.1) is 0 Å². The van der Waals surface area contributed by atoms with Gasteiger partial charge in [0.1, 0.15) is 5.75 Å². The Morgan fingerprint density at radius 1 is 1.14 bits per heavy atom. The van der Waals surface area contributed by atoms with Crippen LogP contribution >= 0.6 is 0 Å². The molecule has 1 amide bonds. The smallest absolute Gasteiger partial charge is 0.327 e. The van der Waals surface area contributed by atoms with E-state index in [0.29, 0.717) is 43.6 Å². The number of carbonyl (C=O) groups excluding carboxylic acids is 1. The summed E-state index contributed by atoms with van der Waals surface area (Å²) in [5.74, 6) is 0.0880. The van der Waals surface area contributed by atoms with E-state index in [0.717, 1.165) is 0 Å². The maximum Gasteiger partial charge on any atom is 0.327 e. The molecular weight excluding hydrogens is 364 g/mol. The molecule has 0 N–H and O–H groups in total. The first-order valence-corrected chi connectivity index (χ1v) is 8.72. The van der Waals surface area contributed by atoms with Crippen LogP contribution in [0.15, 0.2) is 47.2 Å². The summed E-state index contributed by atoms with van der Waals surface area (Å²) in [5, 5.41) is 15.9. The molecule has 1 aliphatic rings. The average Bonchev–Trinajstić information content (AvgIpc) is 3.15. The van der Waals surface area contributed by atoms with Crippen LogP contribution < -0.4 is 19.4 Å². The highest BCUT2D eigenvalue weighted by Crippen LogP contribution is 2.17. The van der Waals surface area contributed by atoms with Crippen molar-refractivity contribution in [1.29, 1.82) is 0 Å². The third-order valence-electron chi connectivity index (χ3n) is 4.53. The highest BCUT2D eigenvalue weighted by atomic mass is 16.6. The van der Waals surface area contributed by atoms with Gasteiger partial charge in [0.25, 0.3) is 0 Å². The van der Waals surface area contributed by atoms with Gasteiger partial charge >= 0.3 is 11.6 Å². The number of nitrogens with zero attached hydrogens (tertiary/aromatic N) is 6. The molecule has 1 saturated heterocycles. The van der Waals surface area contributed by atoms with Crippen molar-refractivity contribution in [3.63, 3.8) is 0 Å². The zero-order valence-corrected chi connectivity index (χ0v) is 15.2. The van der Waals surface area contributed by atoms with Gasteiger partial charge in [-0.1, -0.05) is 0 Å². The van der Waals surface area contributed by atoms with Gasteiger partial charge in [0.2, 0.25) is 11.6 Å². The van der Waals surface area contributed by atoms with Gasteiger partial charge in [0, 0.05) is 50.7 Å². The Balaban J connectivity index is 1.52. The third-order valence-corrected chi connectivity index (χ3v) is 4.53. The maximum absolute atomic E-state index is 13.0. The summed E-state index contributed by atoms with van der Waals surface area (Å²) >= 11 is 0. The highest BCUT2D eigenvalue weighted by Gasteiger charge is 2.33. The summed E-state index contributed by atoms with van der Waals surface area (Å²) in [7, 11) is 1.56. The van der Waals surface area contributed by atoms with Gasteiger partial charge in [0.15, 0.2) is 5.95 Å². The van der Waals surface area contributed by atoms with Crippen molar-refractivity contribution in [2.75, 3.05) is 38.2 Å². The predicted molar refractivity (Wildman–Crippen MR) is 94.2 cm³/mol. The molecule has 10 heteroatoms. The number of methoxy groups -OCH3 is 1. The molecule has 144 valence electrons. The van der Waals surface area contributed by atoms with Crippen LogP contribution in [0, 0.1) is 0 Å². The Labute approximate surface area is 160 Å². The second-order valence-electron chi connectivity index (χ2n) is 6.15.